The highest BCUT2D eigenvalue weighted by atomic mass is 16.5. The van der Waals surface area contributed by atoms with Crippen LogP contribution in [0.15, 0.2) is 36.8 Å². The molecule has 1 saturated heterocycles. The van der Waals surface area contributed by atoms with Gasteiger partial charge in [-0.15, -0.1) is 0 Å². The van der Waals surface area contributed by atoms with Crippen LogP contribution in [0.3, 0.4) is 0 Å². The summed E-state index contributed by atoms with van der Waals surface area (Å²) in [5.74, 6) is 1.92. The van der Waals surface area contributed by atoms with E-state index < -0.39 is 0 Å². The number of nitrogens with one attached hydrogen (secondary N) is 1. The molecule has 0 unspecified atom stereocenters. The van der Waals surface area contributed by atoms with Crippen LogP contribution >= 0.6 is 0 Å². The first-order chi connectivity index (χ1) is 13.7. The number of aryl methyl sites for hydroxylation is 1. The molecule has 0 saturated carbocycles. The van der Waals surface area contributed by atoms with Crippen molar-refractivity contribution in [2.75, 3.05) is 38.2 Å². The molecule has 1 aliphatic heterocycles. The van der Waals surface area contributed by atoms with E-state index in [1.807, 2.05) is 29.2 Å². The van der Waals surface area contributed by atoms with E-state index in [9.17, 15) is 4.79 Å². The Hall–Kier alpha value is -3.16. The average Bonchev–Trinajstić information content (AvgIpc) is 3.09. The summed E-state index contributed by atoms with van der Waals surface area (Å²) in [6, 6.07) is 7.90. The van der Waals surface area contributed by atoms with E-state index in [4.69, 9.17) is 4.74 Å². The number of carbonyl (C=O) groups excluding carboxylic acids is 1. The van der Waals surface area contributed by atoms with E-state index in [-0.39, 0.29) is 5.91 Å². The van der Waals surface area contributed by atoms with Gasteiger partial charge in [-0.3, -0.25) is 9.89 Å². The van der Waals surface area contributed by atoms with Crippen molar-refractivity contribution in [2.45, 2.75) is 19.3 Å². The number of rotatable bonds is 5. The maximum absolute atomic E-state index is 12.7. The predicted molar refractivity (Wildman–Crippen MR) is 106 cm³/mol. The molecule has 4 rings (SSSR count). The Bertz CT molecular complexity index is 939. The molecular weight excluding hydrogens is 356 g/mol. The lowest BCUT2D eigenvalue weighted by Crippen LogP contribution is -2.35. The Morgan fingerprint density at radius 1 is 1.14 bits per heavy atom. The van der Waals surface area contributed by atoms with Gasteiger partial charge >= 0.3 is 0 Å². The number of aromatic nitrogens is 4. The molecule has 8 heteroatoms. The van der Waals surface area contributed by atoms with Gasteiger partial charge in [0.25, 0.3) is 0 Å². The van der Waals surface area contributed by atoms with E-state index in [1.165, 1.54) is 0 Å². The second-order valence-corrected chi connectivity index (χ2v) is 6.90. The van der Waals surface area contributed by atoms with E-state index in [0.29, 0.717) is 13.0 Å². The first kappa shape index (κ1) is 18.2. The zero-order valence-electron chi connectivity index (χ0n) is 16.0. The van der Waals surface area contributed by atoms with Gasteiger partial charge in [-0.1, -0.05) is 12.1 Å². The van der Waals surface area contributed by atoms with Crippen LogP contribution in [-0.2, 0) is 11.2 Å². The largest absolute Gasteiger partial charge is 0.497 e. The van der Waals surface area contributed by atoms with Crippen molar-refractivity contribution >= 4 is 22.8 Å². The van der Waals surface area contributed by atoms with Gasteiger partial charge in [0.05, 0.1) is 18.7 Å². The lowest BCUT2D eigenvalue weighted by Gasteiger charge is -2.23. The fourth-order valence-corrected chi connectivity index (χ4v) is 3.58. The highest BCUT2D eigenvalue weighted by Crippen LogP contribution is 2.22. The third-order valence-electron chi connectivity index (χ3n) is 5.16. The zero-order chi connectivity index (χ0) is 19.3. The molecule has 1 aromatic carbocycles. The molecule has 0 aliphatic carbocycles. The van der Waals surface area contributed by atoms with Crippen LogP contribution in [0.25, 0.3) is 11.0 Å². The highest BCUT2D eigenvalue weighted by molar-refractivity contribution is 5.86. The molecular formula is C20H24N6O2. The van der Waals surface area contributed by atoms with Gasteiger partial charge in [0, 0.05) is 32.6 Å². The van der Waals surface area contributed by atoms with Crippen LogP contribution in [-0.4, -0.2) is 64.3 Å². The number of ether oxygens (including phenoxy) is 1. The minimum absolute atomic E-state index is 0.203. The Morgan fingerprint density at radius 2 is 2.00 bits per heavy atom. The monoisotopic (exact) mass is 380 g/mol. The van der Waals surface area contributed by atoms with Crippen molar-refractivity contribution in [3.63, 3.8) is 0 Å². The van der Waals surface area contributed by atoms with Gasteiger partial charge in [0.1, 0.15) is 17.9 Å². The molecule has 8 nitrogen and oxygen atoms in total. The third-order valence-corrected chi connectivity index (χ3v) is 5.16. The molecule has 28 heavy (non-hydrogen) atoms. The van der Waals surface area contributed by atoms with Crippen molar-refractivity contribution in [1.82, 2.24) is 25.1 Å². The number of benzene rings is 1. The molecule has 0 spiro atoms. The summed E-state index contributed by atoms with van der Waals surface area (Å²) in [6.45, 7) is 3.09. The normalized spacial score (nSPS) is 14.9. The Kier molecular flexibility index (Phi) is 5.36. The summed E-state index contributed by atoms with van der Waals surface area (Å²) < 4.78 is 5.18. The van der Waals surface area contributed by atoms with Gasteiger partial charge in [0.15, 0.2) is 5.65 Å². The molecule has 3 aromatic rings. The Labute approximate surface area is 163 Å². The third kappa shape index (κ3) is 3.90. The number of anilines is 1. The molecule has 146 valence electrons. The number of aromatic amines is 1. The van der Waals surface area contributed by atoms with E-state index >= 15 is 0 Å². The summed E-state index contributed by atoms with van der Waals surface area (Å²) in [5, 5.41) is 7.86. The number of methoxy groups -OCH3 is 1. The number of hydrogen-bond acceptors (Lipinski definition) is 6. The van der Waals surface area contributed by atoms with Crippen LogP contribution in [0.4, 0.5) is 5.82 Å². The molecule has 1 N–H and O–H groups in total. The first-order valence-corrected chi connectivity index (χ1v) is 9.54. The standard InChI is InChI=1S/C20H24N6O2/c1-28-16-6-3-15(4-7-16)5-8-18(27)25-9-2-10-26(12-11-25)20-17-13-23-24-19(17)21-14-22-20/h3-4,6-7,13-14H,2,5,8-12H2,1H3,(H,21,22,23,24). The van der Waals surface area contributed by atoms with Crippen LogP contribution in [0, 0.1) is 0 Å². The van der Waals surface area contributed by atoms with Gasteiger partial charge in [-0.2, -0.15) is 5.10 Å². The van der Waals surface area contributed by atoms with E-state index in [2.05, 4.69) is 25.1 Å². The van der Waals surface area contributed by atoms with E-state index in [1.54, 1.807) is 19.6 Å². The Morgan fingerprint density at radius 3 is 2.82 bits per heavy atom. The molecule has 0 atom stereocenters. The van der Waals surface area contributed by atoms with Gasteiger partial charge in [-0.25, -0.2) is 9.97 Å². The number of amides is 1. The van der Waals surface area contributed by atoms with Crippen molar-refractivity contribution in [3.8, 4) is 5.75 Å². The zero-order valence-corrected chi connectivity index (χ0v) is 16.0. The molecule has 0 bridgehead atoms. The molecule has 1 amide bonds. The van der Waals surface area contributed by atoms with Crippen molar-refractivity contribution in [3.05, 3.63) is 42.4 Å². The fraction of sp³-hybridized carbons (Fsp3) is 0.400. The van der Waals surface area contributed by atoms with Crippen molar-refractivity contribution in [2.24, 2.45) is 0 Å². The highest BCUT2D eigenvalue weighted by Gasteiger charge is 2.21. The van der Waals surface area contributed by atoms with Crippen molar-refractivity contribution in [1.29, 1.82) is 0 Å². The summed E-state index contributed by atoms with van der Waals surface area (Å²) in [6.07, 6.45) is 5.49. The summed E-state index contributed by atoms with van der Waals surface area (Å²) in [5.41, 5.74) is 1.88. The molecule has 3 heterocycles. The maximum atomic E-state index is 12.7. The topological polar surface area (TPSA) is 87.2 Å². The average molecular weight is 380 g/mol. The minimum Gasteiger partial charge on any atom is -0.497 e. The molecule has 2 aromatic heterocycles. The van der Waals surface area contributed by atoms with E-state index in [0.717, 1.165) is 60.6 Å². The quantitative estimate of drug-likeness (QED) is 0.729. The minimum atomic E-state index is 0.203. The maximum Gasteiger partial charge on any atom is 0.222 e. The van der Waals surface area contributed by atoms with Crippen LogP contribution in [0.2, 0.25) is 0 Å². The summed E-state index contributed by atoms with van der Waals surface area (Å²) in [4.78, 5) is 25.5. The number of hydrogen-bond donors (Lipinski definition) is 1. The van der Waals surface area contributed by atoms with Crippen LogP contribution in [0.1, 0.15) is 18.4 Å². The van der Waals surface area contributed by atoms with Gasteiger partial charge in [0.2, 0.25) is 5.91 Å². The second-order valence-electron chi connectivity index (χ2n) is 6.90. The number of carbonyl (C=O) groups is 1. The van der Waals surface area contributed by atoms with Crippen LogP contribution in [0.5, 0.6) is 5.75 Å². The van der Waals surface area contributed by atoms with Gasteiger partial charge in [-0.05, 0) is 30.5 Å². The number of fused-ring (bicyclic) bond motifs is 1. The molecule has 1 fully saturated rings. The number of nitrogens with zero attached hydrogens (tertiary/aromatic N) is 5. The van der Waals surface area contributed by atoms with Gasteiger partial charge < -0.3 is 14.5 Å². The molecule has 0 radical (unpaired) electrons. The summed E-state index contributed by atoms with van der Waals surface area (Å²) in [7, 11) is 1.65. The lowest BCUT2D eigenvalue weighted by atomic mass is 10.1. The predicted octanol–water partition coefficient (Wildman–Crippen LogP) is 2.03. The smallest absolute Gasteiger partial charge is 0.222 e. The second kappa shape index (κ2) is 8.24. The van der Waals surface area contributed by atoms with Crippen LogP contribution < -0.4 is 9.64 Å². The fourth-order valence-electron chi connectivity index (χ4n) is 3.58. The SMILES string of the molecule is COc1ccc(CCC(=O)N2CCCN(c3ncnc4[nH]ncc34)CC2)cc1. The lowest BCUT2D eigenvalue weighted by molar-refractivity contribution is -0.130. The Balaban J connectivity index is 1.35. The first-order valence-electron chi connectivity index (χ1n) is 9.54. The summed E-state index contributed by atoms with van der Waals surface area (Å²) >= 11 is 0. The number of H-pyrrole nitrogens is 1. The van der Waals surface area contributed by atoms with Crippen molar-refractivity contribution < 1.29 is 9.53 Å². The molecule has 1 aliphatic rings.